The highest BCUT2D eigenvalue weighted by molar-refractivity contribution is 9.10. The van der Waals surface area contributed by atoms with Crippen LogP contribution in [0.3, 0.4) is 0 Å². The Morgan fingerprint density at radius 1 is 1.38 bits per heavy atom. The summed E-state index contributed by atoms with van der Waals surface area (Å²) in [5, 5.41) is 14.6. The second-order valence-electron chi connectivity index (χ2n) is 5.12. The third-order valence-electron chi connectivity index (χ3n) is 3.56. The van der Waals surface area contributed by atoms with Gasteiger partial charge in [0.1, 0.15) is 17.9 Å². The fourth-order valence-electron chi connectivity index (χ4n) is 2.26. The molecule has 1 aromatic carbocycles. The minimum absolute atomic E-state index is 0.676. The van der Waals surface area contributed by atoms with Gasteiger partial charge in [0, 0.05) is 33.1 Å². The molecule has 0 aliphatic carbocycles. The number of guanidine groups is 1. The molecule has 24 heavy (non-hydrogen) atoms. The zero-order valence-electron chi connectivity index (χ0n) is 14.2. The van der Waals surface area contributed by atoms with Crippen LogP contribution in [0.4, 0.5) is 0 Å². The quantitative estimate of drug-likeness (QED) is 0.554. The van der Waals surface area contributed by atoms with Crippen molar-refractivity contribution < 1.29 is 4.74 Å². The molecule has 0 radical (unpaired) electrons. The van der Waals surface area contributed by atoms with Crippen molar-refractivity contribution in [2.75, 3.05) is 20.7 Å². The lowest BCUT2D eigenvalue weighted by Gasteiger charge is -2.13. The predicted molar refractivity (Wildman–Crippen MR) is 98.3 cm³/mol. The number of rotatable bonds is 7. The molecular weight excluding hydrogens is 372 g/mol. The molecule has 1 heterocycles. The number of aromatic nitrogens is 3. The van der Waals surface area contributed by atoms with Gasteiger partial charge in [-0.2, -0.15) is 0 Å². The van der Waals surface area contributed by atoms with E-state index >= 15 is 0 Å². The van der Waals surface area contributed by atoms with Gasteiger partial charge in [-0.3, -0.25) is 4.99 Å². The number of ether oxygens (including phenoxy) is 1. The van der Waals surface area contributed by atoms with E-state index in [2.05, 4.69) is 48.7 Å². The Hall–Kier alpha value is -2.09. The summed E-state index contributed by atoms with van der Waals surface area (Å²) in [5.74, 6) is 2.57. The summed E-state index contributed by atoms with van der Waals surface area (Å²) in [5.41, 5.74) is 1.14. The lowest BCUT2D eigenvalue weighted by molar-refractivity contribution is 0.412. The fraction of sp³-hybridized carbons (Fsp3) is 0.438. The number of aryl methyl sites for hydroxylation is 1. The van der Waals surface area contributed by atoms with Gasteiger partial charge in [0.05, 0.1) is 11.6 Å². The average Bonchev–Trinajstić information content (AvgIpc) is 3.05. The van der Waals surface area contributed by atoms with E-state index < -0.39 is 0 Å². The molecule has 0 aliphatic rings. The first kappa shape index (κ1) is 18.3. The highest BCUT2D eigenvalue weighted by atomic mass is 79.9. The standard InChI is InChI=1S/C16H23BrN6O/c1-4-15-22-21-11-23(15)8-7-19-16(18-2)20-10-12-5-6-14(24-3)13(17)9-12/h5-6,9,11H,4,7-8,10H2,1-3H3,(H2,18,19,20). The van der Waals surface area contributed by atoms with Crippen LogP contribution >= 0.6 is 15.9 Å². The van der Waals surface area contributed by atoms with Crippen LogP contribution in [0.25, 0.3) is 0 Å². The zero-order valence-corrected chi connectivity index (χ0v) is 15.8. The van der Waals surface area contributed by atoms with Gasteiger partial charge in [0.25, 0.3) is 0 Å². The van der Waals surface area contributed by atoms with Crippen molar-refractivity contribution in [3.05, 3.63) is 40.4 Å². The Balaban J connectivity index is 1.81. The van der Waals surface area contributed by atoms with Gasteiger partial charge in [-0.15, -0.1) is 10.2 Å². The monoisotopic (exact) mass is 394 g/mol. The van der Waals surface area contributed by atoms with Crippen LogP contribution in [-0.2, 0) is 19.5 Å². The number of halogens is 1. The molecule has 0 atom stereocenters. The maximum absolute atomic E-state index is 5.24. The van der Waals surface area contributed by atoms with E-state index in [1.165, 1.54) is 0 Å². The van der Waals surface area contributed by atoms with Crippen LogP contribution in [0.5, 0.6) is 5.75 Å². The van der Waals surface area contributed by atoms with E-state index in [0.717, 1.165) is 47.1 Å². The first-order valence-corrected chi connectivity index (χ1v) is 8.60. The van der Waals surface area contributed by atoms with Crippen molar-refractivity contribution in [1.29, 1.82) is 0 Å². The predicted octanol–water partition coefficient (Wildman–Crippen LogP) is 1.98. The second-order valence-corrected chi connectivity index (χ2v) is 5.97. The number of nitrogens with one attached hydrogen (secondary N) is 2. The Labute approximate surface area is 150 Å². The molecule has 2 aromatic rings. The number of hydrogen-bond donors (Lipinski definition) is 2. The molecule has 0 saturated carbocycles. The van der Waals surface area contributed by atoms with E-state index in [1.807, 2.05) is 22.8 Å². The second kappa shape index (κ2) is 9.27. The molecule has 8 heteroatoms. The number of methoxy groups -OCH3 is 1. The summed E-state index contributed by atoms with van der Waals surface area (Å²) in [4.78, 5) is 4.24. The molecule has 7 nitrogen and oxygen atoms in total. The highest BCUT2D eigenvalue weighted by Crippen LogP contribution is 2.25. The Kier molecular flexibility index (Phi) is 7.05. The largest absolute Gasteiger partial charge is 0.496 e. The van der Waals surface area contributed by atoms with E-state index in [1.54, 1.807) is 20.5 Å². The number of benzene rings is 1. The summed E-state index contributed by atoms with van der Waals surface area (Å²) >= 11 is 3.50. The molecule has 0 fully saturated rings. The summed E-state index contributed by atoms with van der Waals surface area (Å²) in [6, 6.07) is 5.99. The minimum Gasteiger partial charge on any atom is -0.496 e. The van der Waals surface area contributed by atoms with Gasteiger partial charge in [-0.1, -0.05) is 13.0 Å². The average molecular weight is 395 g/mol. The van der Waals surface area contributed by atoms with E-state index in [4.69, 9.17) is 4.74 Å². The lowest BCUT2D eigenvalue weighted by Crippen LogP contribution is -2.38. The van der Waals surface area contributed by atoms with Gasteiger partial charge in [0.15, 0.2) is 5.96 Å². The number of nitrogens with zero attached hydrogens (tertiary/aromatic N) is 4. The minimum atomic E-state index is 0.676. The van der Waals surface area contributed by atoms with Crippen molar-refractivity contribution >= 4 is 21.9 Å². The summed E-state index contributed by atoms with van der Waals surface area (Å²) in [6.45, 7) is 4.29. The highest BCUT2D eigenvalue weighted by Gasteiger charge is 2.04. The van der Waals surface area contributed by atoms with Crippen molar-refractivity contribution in [1.82, 2.24) is 25.4 Å². The van der Waals surface area contributed by atoms with Crippen LogP contribution in [-0.4, -0.2) is 41.4 Å². The number of hydrogen-bond acceptors (Lipinski definition) is 4. The third kappa shape index (κ3) is 4.95. The van der Waals surface area contributed by atoms with Crippen molar-refractivity contribution in [2.45, 2.75) is 26.4 Å². The van der Waals surface area contributed by atoms with Crippen LogP contribution in [0, 0.1) is 0 Å². The normalized spacial score (nSPS) is 11.4. The van der Waals surface area contributed by atoms with E-state index in [9.17, 15) is 0 Å². The number of aliphatic imine (C=N–C) groups is 1. The van der Waals surface area contributed by atoms with Crippen molar-refractivity contribution in [2.24, 2.45) is 4.99 Å². The zero-order chi connectivity index (χ0) is 17.4. The third-order valence-corrected chi connectivity index (χ3v) is 4.18. The first-order chi connectivity index (χ1) is 11.7. The maximum Gasteiger partial charge on any atom is 0.191 e. The van der Waals surface area contributed by atoms with Gasteiger partial charge in [0.2, 0.25) is 0 Å². The fourth-order valence-corrected chi connectivity index (χ4v) is 2.85. The van der Waals surface area contributed by atoms with E-state index in [-0.39, 0.29) is 0 Å². The Morgan fingerprint density at radius 2 is 2.21 bits per heavy atom. The molecule has 0 unspecified atom stereocenters. The molecule has 0 saturated heterocycles. The topological polar surface area (TPSA) is 76.4 Å². The molecule has 2 N–H and O–H groups in total. The SMILES string of the molecule is CCc1nncn1CCNC(=NC)NCc1ccc(OC)c(Br)c1. The Morgan fingerprint density at radius 3 is 2.88 bits per heavy atom. The van der Waals surface area contributed by atoms with Gasteiger partial charge >= 0.3 is 0 Å². The van der Waals surface area contributed by atoms with Gasteiger partial charge < -0.3 is 19.9 Å². The summed E-state index contributed by atoms with van der Waals surface area (Å²) in [7, 11) is 3.42. The molecule has 0 amide bonds. The van der Waals surface area contributed by atoms with Gasteiger partial charge in [-0.25, -0.2) is 0 Å². The maximum atomic E-state index is 5.24. The molecule has 130 valence electrons. The molecule has 1 aromatic heterocycles. The van der Waals surface area contributed by atoms with Gasteiger partial charge in [-0.05, 0) is 33.6 Å². The molecule has 0 aliphatic heterocycles. The van der Waals surface area contributed by atoms with Crippen LogP contribution in [0.1, 0.15) is 18.3 Å². The molecule has 0 bridgehead atoms. The Bertz CT molecular complexity index is 685. The lowest BCUT2D eigenvalue weighted by atomic mass is 10.2. The van der Waals surface area contributed by atoms with Crippen LogP contribution in [0.2, 0.25) is 0 Å². The van der Waals surface area contributed by atoms with Crippen molar-refractivity contribution in [3.8, 4) is 5.75 Å². The first-order valence-electron chi connectivity index (χ1n) is 7.81. The van der Waals surface area contributed by atoms with Crippen LogP contribution in [0.15, 0.2) is 34.0 Å². The smallest absolute Gasteiger partial charge is 0.191 e. The molecular formula is C16H23BrN6O. The molecule has 0 spiro atoms. The molecule has 2 rings (SSSR count). The van der Waals surface area contributed by atoms with Crippen molar-refractivity contribution in [3.63, 3.8) is 0 Å². The summed E-state index contributed by atoms with van der Waals surface area (Å²) in [6.07, 6.45) is 2.63. The van der Waals surface area contributed by atoms with E-state index in [0.29, 0.717) is 6.54 Å². The van der Waals surface area contributed by atoms with Crippen LogP contribution < -0.4 is 15.4 Å². The summed E-state index contributed by atoms with van der Waals surface area (Å²) < 4.78 is 8.22.